The van der Waals surface area contributed by atoms with E-state index < -0.39 is 0 Å². The van der Waals surface area contributed by atoms with Gasteiger partial charge in [0.2, 0.25) is 0 Å². The van der Waals surface area contributed by atoms with E-state index in [1.807, 2.05) is 0 Å². The Bertz CT molecular complexity index is 1160. The molecule has 0 N–H and O–H groups in total. The van der Waals surface area contributed by atoms with E-state index in [-0.39, 0.29) is 23.0 Å². The average Bonchev–Trinajstić information content (AvgIpc) is 3.63. The summed E-state index contributed by atoms with van der Waals surface area (Å²) in [5.74, 6) is 1.05. The van der Waals surface area contributed by atoms with Crippen molar-refractivity contribution in [2.24, 2.45) is 5.16 Å². The van der Waals surface area contributed by atoms with Gasteiger partial charge in [-0.1, -0.05) is 24.2 Å². The summed E-state index contributed by atoms with van der Waals surface area (Å²) in [4.78, 5) is 10.8. The monoisotopic (exact) mass is 495 g/mol. The molecule has 7 heteroatoms. The van der Waals surface area contributed by atoms with Gasteiger partial charge < -0.3 is 14.5 Å². The number of hydrogen-bond acceptors (Lipinski definition) is 5. The zero-order chi connectivity index (χ0) is 24.9. The molecule has 5 nitrogen and oxygen atoms in total. The van der Waals surface area contributed by atoms with Gasteiger partial charge >= 0.3 is 0 Å². The lowest BCUT2D eigenvalue weighted by molar-refractivity contribution is -0.128. The lowest BCUT2D eigenvalue weighted by atomic mass is 9.88. The molecule has 6 rings (SSSR count). The number of amidine groups is 1. The molecule has 1 saturated carbocycles. The summed E-state index contributed by atoms with van der Waals surface area (Å²) >= 11 is 0. The fraction of sp³-hybridized carbons (Fsp3) is 0.552. The van der Waals surface area contributed by atoms with Crippen LogP contribution in [0.2, 0.25) is 0 Å². The smallest absolute Gasteiger partial charge is 0.173 e. The average molecular weight is 496 g/mol. The molecule has 2 aromatic carbocycles. The predicted octanol–water partition coefficient (Wildman–Crippen LogP) is 6.07. The van der Waals surface area contributed by atoms with Crippen LogP contribution < -0.4 is 4.74 Å². The molecule has 2 aromatic rings. The van der Waals surface area contributed by atoms with E-state index in [0.717, 1.165) is 62.3 Å². The van der Waals surface area contributed by atoms with E-state index in [1.54, 1.807) is 12.1 Å². The number of hydrogen-bond donors (Lipinski definition) is 0. The third-order valence-electron chi connectivity index (χ3n) is 8.36. The van der Waals surface area contributed by atoms with Crippen LogP contribution in [0.15, 0.2) is 35.5 Å². The Labute approximate surface area is 212 Å². The Morgan fingerprint density at radius 1 is 1.11 bits per heavy atom. The normalized spacial score (nSPS) is 23.4. The molecule has 36 heavy (non-hydrogen) atoms. The van der Waals surface area contributed by atoms with Gasteiger partial charge in [0.15, 0.2) is 17.2 Å². The van der Waals surface area contributed by atoms with Crippen molar-refractivity contribution in [2.75, 3.05) is 26.7 Å². The third-order valence-corrected chi connectivity index (χ3v) is 8.36. The van der Waals surface area contributed by atoms with Crippen LogP contribution in [-0.2, 0) is 11.4 Å². The highest BCUT2D eigenvalue weighted by molar-refractivity contribution is 5.84. The standard InChI is InChI=1S/C29H35F2N3O2/c1-3-23-6-4-5-13-34(23)25-15-29(36-32-25)17-33(18-29)16-21-14-24(19-7-8-19)26(27(31)28(21)35-2)20-9-11-22(30)12-10-20/h9-12,14,19,23H,3-8,13,15-18H2,1-2H3. The molecule has 192 valence electrons. The topological polar surface area (TPSA) is 37.3 Å². The zero-order valence-electron chi connectivity index (χ0n) is 21.2. The first-order chi connectivity index (χ1) is 17.5. The van der Waals surface area contributed by atoms with Crippen LogP contribution in [0.4, 0.5) is 8.78 Å². The van der Waals surface area contributed by atoms with Gasteiger partial charge in [-0.25, -0.2) is 8.78 Å². The van der Waals surface area contributed by atoms with Crippen molar-refractivity contribution in [3.05, 3.63) is 53.1 Å². The first-order valence-electron chi connectivity index (χ1n) is 13.4. The van der Waals surface area contributed by atoms with Crippen LogP contribution in [0, 0.1) is 11.6 Å². The summed E-state index contributed by atoms with van der Waals surface area (Å²) in [5, 5.41) is 4.52. The fourth-order valence-corrected chi connectivity index (χ4v) is 6.38. The number of nitrogens with zero attached hydrogens (tertiary/aromatic N) is 3. The van der Waals surface area contributed by atoms with E-state index in [0.29, 0.717) is 29.6 Å². The van der Waals surface area contributed by atoms with Crippen LogP contribution in [0.25, 0.3) is 11.1 Å². The Hall–Kier alpha value is -2.67. The summed E-state index contributed by atoms with van der Waals surface area (Å²) in [7, 11) is 1.52. The van der Waals surface area contributed by atoms with Gasteiger partial charge in [0.05, 0.1) is 13.5 Å². The van der Waals surface area contributed by atoms with Crippen LogP contribution >= 0.6 is 0 Å². The molecule has 4 aliphatic rings. The molecule has 3 aliphatic heterocycles. The van der Waals surface area contributed by atoms with Crippen molar-refractivity contribution in [1.82, 2.24) is 9.80 Å². The summed E-state index contributed by atoms with van der Waals surface area (Å²) in [5.41, 5.74) is 2.84. The second-order valence-corrected chi connectivity index (χ2v) is 11.0. The first kappa shape index (κ1) is 23.7. The van der Waals surface area contributed by atoms with E-state index >= 15 is 4.39 Å². The molecule has 1 atom stereocenters. The van der Waals surface area contributed by atoms with Crippen molar-refractivity contribution < 1.29 is 18.4 Å². The molecule has 0 bridgehead atoms. The lowest BCUT2D eigenvalue weighted by Gasteiger charge is -2.46. The van der Waals surface area contributed by atoms with Gasteiger partial charge in [0.25, 0.3) is 0 Å². The SMILES string of the molecule is CCC1CCCCN1C1=NOC2(C1)CN(Cc1cc(C3CC3)c(-c3ccc(F)cc3)c(F)c1OC)C2. The second kappa shape index (κ2) is 9.33. The van der Waals surface area contributed by atoms with Crippen molar-refractivity contribution in [1.29, 1.82) is 0 Å². The minimum atomic E-state index is -0.350. The maximum Gasteiger partial charge on any atom is 0.173 e. The van der Waals surface area contributed by atoms with E-state index in [1.165, 1.54) is 38.5 Å². The van der Waals surface area contributed by atoms with E-state index in [4.69, 9.17) is 9.57 Å². The molecule has 1 spiro atoms. The first-order valence-corrected chi connectivity index (χ1v) is 13.4. The van der Waals surface area contributed by atoms with Crippen LogP contribution in [-0.4, -0.2) is 54.0 Å². The number of oxime groups is 1. The van der Waals surface area contributed by atoms with Crippen LogP contribution in [0.5, 0.6) is 5.75 Å². The Morgan fingerprint density at radius 2 is 1.89 bits per heavy atom. The Balaban J connectivity index is 1.18. The maximum absolute atomic E-state index is 15.9. The van der Waals surface area contributed by atoms with Gasteiger partial charge in [-0.05, 0) is 73.8 Å². The molecule has 2 saturated heterocycles. The quantitative estimate of drug-likeness (QED) is 0.488. The summed E-state index contributed by atoms with van der Waals surface area (Å²) < 4.78 is 35.0. The third kappa shape index (κ3) is 4.25. The van der Waals surface area contributed by atoms with Crippen molar-refractivity contribution in [3.63, 3.8) is 0 Å². The van der Waals surface area contributed by atoms with Gasteiger partial charge in [0.1, 0.15) is 11.7 Å². The Kier molecular flexibility index (Phi) is 6.14. The van der Waals surface area contributed by atoms with Crippen LogP contribution in [0.3, 0.4) is 0 Å². The molecule has 1 unspecified atom stereocenters. The van der Waals surface area contributed by atoms with Gasteiger partial charge in [-0.2, -0.15) is 0 Å². The van der Waals surface area contributed by atoms with Crippen LogP contribution in [0.1, 0.15) is 68.9 Å². The van der Waals surface area contributed by atoms with Crippen molar-refractivity contribution in [2.45, 2.75) is 76.0 Å². The van der Waals surface area contributed by atoms with E-state index in [9.17, 15) is 4.39 Å². The highest BCUT2D eigenvalue weighted by atomic mass is 19.1. The fourth-order valence-electron chi connectivity index (χ4n) is 6.38. The molecule has 3 heterocycles. The molecule has 0 amide bonds. The minimum Gasteiger partial charge on any atom is -0.493 e. The summed E-state index contributed by atoms with van der Waals surface area (Å²) in [6.07, 6.45) is 7.84. The largest absolute Gasteiger partial charge is 0.493 e. The van der Waals surface area contributed by atoms with Crippen molar-refractivity contribution in [3.8, 4) is 16.9 Å². The summed E-state index contributed by atoms with van der Waals surface area (Å²) in [6.45, 7) is 5.47. The number of ether oxygens (including phenoxy) is 1. The lowest BCUT2D eigenvalue weighted by Crippen LogP contribution is -2.61. The predicted molar refractivity (Wildman–Crippen MR) is 136 cm³/mol. The number of piperidine rings is 1. The molecular weight excluding hydrogens is 460 g/mol. The number of halogens is 2. The highest BCUT2D eigenvalue weighted by Crippen LogP contribution is 2.48. The van der Waals surface area contributed by atoms with E-state index in [2.05, 4.69) is 27.9 Å². The minimum absolute atomic E-state index is 0.260. The molecule has 1 aliphatic carbocycles. The number of likely N-dealkylation sites (tertiary alicyclic amines) is 2. The maximum atomic E-state index is 15.9. The molecule has 0 radical (unpaired) electrons. The second-order valence-electron chi connectivity index (χ2n) is 11.0. The van der Waals surface area contributed by atoms with Gasteiger partial charge in [-0.15, -0.1) is 0 Å². The number of methoxy groups -OCH3 is 1. The van der Waals surface area contributed by atoms with Gasteiger partial charge in [-0.3, -0.25) is 4.90 Å². The summed E-state index contributed by atoms with van der Waals surface area (Å²) in [6, 6.07) is 8.75. The number of benzene rings is 2. The molecule has 3 fully saturated rings. The molecule has 0 aromatic heterocycles. The molecular formula is C29H35F2N3O2. The van der Waals surface area contributed by atoms with Crippen molar-refractivity contribution >= 4 is 5.84 Å². The van der Waals surface area contributed by atoms with Gasteiger partial charge in [0, 0.05) is 43.3 Å². The highest BCUT2D eigenvalue weighted by Gasteiger charge is 2.51. The Morgan fingerprint density at radius 3 is 2.58 bits per heavy atom. The zero-order valence-corrected chi connectivity index (χ0v) is 21.2. The number of rotatable bonds is 6.